The molecular formula is C12H21NO4S. The van der Waals surface area contributed by atoms with E-state index in [0.717, 1.165) is 6.42 Å². The van der Waals surface area contributed by atoms with Crippen LogP contribution < -0.4 is 5.32 Å². The highest BCUT2D eigenvalue weighted by Gasteiger charge is 2.47. The minimum Gasteiger partial charge on any atom is -0.463 e. The topological polar surface area (TPSA) is 64.6 Å². The quantitative estimate of drug-likeness (QED) is 0.607. The van der Waals surface area contributed by atoms with Crippen molar-refractivity contribution in [2.45, 2.75) is 51.2 Å². The first-order valence-corrected chi connectivity index (χ1v) is 6.72. The van der Waals surface area contributed by atoms with Crippen LogP contribution >= 0.6 is 12.6 Å². The van der Waals surface area contributed by atoms with Crippen molar-refractivity contribution < 1.29 is 19.1 Å². The van der Waals surface area contributed by atoms with E-state index in [1.165, 1.54) is 0 Å². The summed E-state index contributed by atoms with van der Waals surface area (Å²) in [4.78, 5) is 23.6. The lowest BCUT2D eigenvalue weighted by Crippen LogP contribution is -2.60. The lowest BCUT2D eigenvalue weighted by Gasteiger charge is -2.39. The predicted molar refractivity (Wildman–Crippen MR) is 70.8 cm³/mol. The largest absolute Gasteiger partial charge is 0.463 e. The number of thiol groups is 1. The average molecular weight is 275 g/mol. The molecule has 1 aliphatic carbocycles. The molecule has 0 saturated heterocycles. The summed E-state index contributed by atoms with van der Waals surface area (Å²) in [6.07, 6.45) is 1.51. The van der Waals surface area contributed by atoms with Crippen molar-refractivity contribution in [1.29, 1.82) is 0 Å². The van der Waals surface area contributed by atoms with Gasteiger partial charge in [-0.05, 0) is 40.0 Å². The number of esters is 1. The van der Waals surface area contributed by atoms with Crippen LogP contribution in [0.4, 0.5) is 4.79 Å². The van der Waals surface area contributed by atoms with Crippen molar-refractivity contribution in [3.05, 3.63) is 0 Å². The maximum Gasteiger partial charge on any atom is 0.408 e. The molecule has 0 aliphatic heterocycles. The van der Waals surface area contributed by atoms with Gasteiger partial charge < -0.3 is 14.8 Å². The highest BCUT2D eigenvalue weighted by molar-refractivity contribution is 7.80. The van der Waals surface area contributed by atoms with Crippen LogP contribution in [0, 0.1) is 0 Å². The third-order valence-corrected chi connectivity index (χ3v) is 2.85. The number of carbonyl (C=O) groups excluding carboxylic acids is 2. The monoisotopic (exact) mass is 275 g/mol. The van der Waals surface area contributed by atoms with Gasteiger partial charge in [0, 0.05) is 5.75 Å². The Morgan fingerprint density at radius 1 is 1.33 bits per heavy atom. The zero-order valence-electron chi connectivity index (χ0n) is 11.1. The molecule has 0 radical (unpaired) electrons. The molecule has 0 bridgehead atoms. The van der Waals surface area contributed by atoms with E-state index >= 15 is 0 Å². The average Bonchev–Trinajstić information content (AvgIpc) is 2.17. The Hall–Kier alpha value is -0.910. The van der Waals surface area contributed by atoms with Crippen molar-refractivity contribution in [1.82, 2.24) is 5.32 Å². The number of nitrogens with one attached hydrogen (secondary N) is 1. The smallest absolute Gasteiger partial charge is 0.408 e. The molecule has 1 saturated carbocycles. The Balaban J connectivity index is 2.55. The minimum atomic E-state index is -0.898. The summed E-state index contributed by atoms with van der Waals surface area (Å²) in [7, 11) is 0. The standard InChI is InChI=1S/C12H21NO4S/c1-11(2,3)17-10(15)13-12(5-4-6-12)9(14)16-7-8-18/h18H,4-8H2,1-3H3,(H,13,15). The fourth-order valence-electron chi connectivity index (χ4n) is 1.69. The van der Waals surface area contributed by atoms with Gasteiger partial charge in [0.25, 0.3) is 0 Å². The first kappa shape index (κ1) is 15.1. The minimum absolute atomic E-state index is 0.250. The first-order chi connectivity index (χ1) is 8.29. The van der Waals surface area contributed by atoms with Crippen LogP contribution in [0.5, 0.6) is 0 Å². The first-order valence-electron chi connectivity index (χ1n) is 6.08. The lowest BCUT2D eigenvalue weighted by atomic mass is 9.77. The summed E-state index contributed by atoms with van der Waals surface area (Å²) in [5, 5.41) is 2.63. The van der Waals surface area contributed by atoms with Crippen LogP contribution in [-0.4, -0.2) is 35.6 Å². The molecule has 1 N–H and O–H groups in total. The van der Waals surface area contributed by atoms with E-state index in [9.17, 15) is 9.59 Å². The number of alkyl carbamates (subject to hydrolysis) is 1. The van der Waals surface area contributed by atoms with Gasteiger partial charge in [-0.3, -0.25) is 0 Å². The van der Waals surface area contributed by atoms with E-state index < -0.39 is 23.2 Å². The molecule has 1 amide bonds. The second-order valence-corrected chi connectivity index (χ2v) is 5.87. The van der Waals surface area contributed by atoms with Crippen LogP contribution in [0.2, 0.25) is 0 Å². The zero-order chi connectivity index (χ0) is 13.8. The van der Waals surface area contributed by atoms with Gasteiger partial charge in [-0.2, -0.15) is 12.6 Å². The highest BCUT2D eigenvalue weighted by Crippen LogP contribution is 2.33. The molecule has 1 fully saturated rings. The number of hydrogen-bond donors (Lipinski definition) is 2. The van der Waals surface area contributed by atoms with Gasteiger partial charge in [-0.15, -0.1) is 0 Å². The second-order valence-electron chi connectivity index (χ2n) is 5.42. The highest BCUT2D eigenvalue weighted by atomic mass is 32.1. The molecule has 1 aliphatic rings. The lowest BCUT2D eigenvalue weighted by molar-refractivity contribution is -0.155. The Labute approximate surface area is 113 Å². The molecule has 0 aromatic rings. The summed E-state index contributed by atoms with van der Waals surface area (Å²) in [5.41, 5.74) is -1.48. The van der Waals surface area contributed by atoms with Gasteiger partial charge in [0.05, 0.1) is 0 Å². The fourth-order valence-corrected chi connectivity index (χ4v) is 1.78. The van der Waals surface area contributed by atoms with Crippen molar-refractivity contribution in [2.24, 2.45) is 0 Å². The van der Waals surface area contributed by atoms with E-state index in [-0.39, 0.29) is 6.61 Å². The molecule has 0 atom stereocenters. The van der Waals surface area contributed by atoms with E-state index in [1.54, 1.807) is 20.8 Å². The van der Waals surface area contributed by atoms with Gasteiger partial charge in [-0.25, -0.2) is 9.59 Å². The van der Waals surface area contributed by atoms with Crippen molar-refractivity contribution in [3.63, 3.8) is 0 Å². The van der Waals surface area contributed by atoms with E-state index in [4.69, 9.17) is 9.47 Å². The maximum atomic E-state index is 11.9. The van der Waals surface area contributed by atoms with Crippen molar-refractivity contribution in [2.75, 3.05) is 12.4 Å². The number of rotatable bonds is 4. The summed E-state index contributed by atoms with van der Waals surface area (Å²) in [6.45, 7) is 5.58. The SMILES string of the molecule is CC(C)(C)OC(=O)NC1(C(=O)OCCS)CCC1. The molecule has 0 heterocycles. The molecule has 0 aromatic carbocycles. The van der Waals surface area contributed by atoms with E-state index in [1.807, 2.05) is 0 Å². The Kier molecular flexibility index (Phi) is 4.90. The number of amides is 1. The van der Waals surface area contributed by atoms with Gasteiger partial charge in [0.15, 0.2) is 0 Å². The summed E-state index contributed by atoms with van der Waals surface area (Å²) in [6, 6.07) is 0. The van der Waals surface area contributed by atoms with Crippen molar-refractivity contribution >= 4 is 24.7 Å². The molecule has 0 spiro atoms. The van der Waals surface area contributed by atoms with Gasteiger partial charge in [0.1, 0.15) is 17.7 Å². The third-order valence-electron chi connectivity index (χ3n) is 2.66. The number of ether oxygens (including phenoxy) is 2. The third kappa shape index (κ3) is 4.08. The number of carbonyl (C=O) groups is 2. The molecule has 0 aromatic heterocycles. The summed E-state index contributed by atoms with van der Waals surface area (Å²) in [5.74, 6) is 0.0718. The maximum absolute atomic E-state index is 11.9. The molecule has 18 heavy (non-hydrogen) atoms. The van der Waals surface area contributed by atoms with Crippen LogP contribution in [0.15, 0.2) is 0 Å². The Bertz CT molecular complexity index is 321. The van der Waals surface area contributed by atoms with E-state index in [2.05, 4.69) is 17.9 Å². The predicted octanol–water partition coefficient (Wildman–Crippen LogP) is 1.91. The Morgan fingerprint density at radius 2 is 1.94 bits per heavy atom. The normalized spacial score (nSPS) is 17.6. The Morgan fingerprint density at radius 3 is 2.33 bits per heavy atom. The van der Waals surface area contributed by atoms with Gasteiger partial charge in [0.2, 0.25) is 0 Å². The molecule has 0 unspecified atom stereocenters. The number of hydrogen-bond acceptors (Lipinski definition) is 5. The van der Waals surface area contributed by atoms with Crippen LogP contribution in [-0.2, 0) is 14.3 Å². The zero-order valence-corrected chi connectivity index (χ0v) is 12.0. The molecule has 104 valence electrons. The summed E-state index contributed by atoms with van der Waals surface area (Å²) < 4.78 is 10.2. The van der Waals surface area contributed by atoms with Gasteiger partial charge in [-0.1, -0.05) is 0 Å². The second kappa shape index (κ2) is 5.82. The van der Waals surface area contributed by atoms with Crippen LogP contribution in [0.25, 0.3) is 0 Å². The van der Waals surface area contributed by atoms with Gasteiger partial charge >= 0.3 is 12.1 Å². The molecular weight excluding hydrogens is 254 g/mol. The van der Waals surface area contributed by atoms with Crippen molar-refractivity contribution in [3.8, 4) is 0 Å². The van der Waals surface area contributed by atoms with Crippen LogP contribution in [0.3, 0.4) is 0 Å². The molecule has 1 rings (SSSR count). The fraction of sp³-hybridized carbons (Fsp3) is 0.833. The van der Waals surface area contributed by atoms with E-state index in [0.29, 0.717) is 18.6 Å². The van der Waals surface area contributed by atoms with Crippen LogP contribution in [0.1, 0.15) is 40.0 Å². The molecule has 5 nitrogen and oxygen atoms in total. The molecule has 6 heteroatoms. The summed E-state index contributed by atoms with van der Waals surface area (Å²) >= 11 is 3.98.